The van der Waals surface area contributed by atoms with Crippen LogP contribution in [0.25, 0.3) is 0 Å². The minimum absolute atomic E-state index is 0.00687. The molecule has 4 heterocycles. The summed E-state index contributed by atoms with van der Waals surface area (Å²) in [5.41, 5.74) is 4.79. The van der Waals surface area contributed by atoms with E-state index >= 15 is 0 Å². The number of piperidine rings is 1. The summed E-state index contributed by atoms with van der Waals surface area (Å²) in [4.78, 5) is 32.9. The number of para-hydroxylation sites is 1. The summed E-state index contributed by atoms with van der Waals surface area (Å²) in [7, 11) is 0. The number of ether oxygens (including phenoxy) is 1. The normalized spacial score (nSPS) is 28.5. The Morgan fingerprint density at radius 2 is 2.06 bits per heavy atom. The van der Waals surface area contributed by atoms with Crippen LogP contribution in [0.15, 0.2) is 54.9 Å². The number of anilines is 2. The maximum Gasteiger partial charge on any atom is 0.247 e. The first-order chi connectivity index (χ1) is 15.2. The minimum atomic E-state index is -0.377. The van der Waals surface area contributed by atoms with Gasteiger partial charge >= 0.3 is 0 Å². The number of hydrogen-bond donors (Lipinski definition) is 2. The van der Waals surface area contributed by atoms with E-state index < -0.39 is 0 Å². The molecule has 1 aromatic carbocycles. The van der Waals surface area contributed by atoms with E-state index in [0.29, 0.717) is 18.8 Å². The highest BCUT2D eigenvalue weighted by atomic mass is 16.5. The van der Waals surface area contributed by atoms with Crippen molar-refractivity contribution in [1.29, 1.82) is 0 Å². The Morgan fingerprint density at radius 3 is 2.81 bits per heavy atom. The summed E-state index contributed by atoms with van der Waals surface area (Å²) in [6.45, 7) is 2.74. The van der Waals surface area contributed by atoms with Crippen LogP contribution in [-0.4, -0.2) is 60.1 Å². The van der Waals surface area contributed by atoms with Gasteiger partial charge in [-0.15, -0.1) is 0 Å². The largest absolute Gasteiger partial charge is 0.377 e. The number of hydrogen-bond acceptors (Lipinski definition) is 6. The second kappa shape index (κ2) is 8.74. The molecule has 0 radical (unpaired) electrons. The number of aromatic nitrogens is 1. The standard InChI is InChI=1S/C23H27N5O3/c29-22(25-16-6-4-10-24-12-16)19-14-27(13-18-9-5-11-31-18)15-20-21(19)26-28(23(20)30)17-7-2-1-3-8-17/h1-4,6-8,10,12,18-21,26H,5,9,11,13-15H2,(H,25,29). The van der Waals surface area contributed by atoms with E-state index in [2.05, 4.69) is 20.6 Å². The third-order valence-corrected chi connectivity index (χ3v) is 6.36. The van der Waals surface area contributed by atoms with Crippen molar-refractivity contribution in [3.05, 3.63) is 54.9 Å². The van der Waals surface area contributed by atoms with E-state index in [1.165, 1.54) is 0 Å². The number of rotatable bonds is 5. The fraction of sp³-hybridized carbons (Fsp3) is 0.435. The molecule has 3 fully saturated rings. The molecule has 3 aliphatic rings. The van der Waals surface area contributed by atoms with Crippen molar-refractivity contribution in [2.75, 3.05) is 36.6 Å². The average Bonchev–Trinajstić information content (AvgIpc) is 3.43. The number of likely N-dealkylation sites (tertiary alicyclic amines) is 1. The summed E-state index contributed by atoms with van der Waals surface area (Å²) in [6, 6.07) is 12.9. The molecule has 2 amide bonds. The fourth-order valence-corrected chi connectivity index (χ4v) is 4.85. The van der Waals surface area contributed by atoms with E-state index in [1.54, 1.807) is 23.5 Å². The fourth-order valence-electron chi connectivity index (χ4n) is 4.85. The van der Waals surface area contributed by atoms with Crippen LogP contribution in [0.1, 0.15) is 12.8 Å². The number of carbonyl (C=O) groups is 2. The van der Waals surface area contributed by atoms with Crippen molar-refractivity contribution in [3.63, 3.8) is 0 Å². The van der Waals surface area contributed by atoms with Crippen molar-refractivity contribution in [1.82, 2.24) is 15.3 Å². The molecular weight excluding hydrogens is 394 g/mol. The number of benzene rings is 1. The molecule has 0 saturated carbocycles. The molecule has 31 heavy (non-hydrogen) atoms. The second-order valence-corrected chi connectivity index (χ2v) is 8.46. The van der Waals surface area contributed by atoms with E-state index in [0.717, 1.165) is 31.7 Å². The van der Waals surface area contributed by atoms with Crippen LogP contribution >= 0.6 is 0 Å². The Hall–Kier alpha value is -2.81. The van der Waals surface area contributed by atoms with Crippen molar-refractivity contribution in [3.8, 4) is 0 Å². The summed E-state index contributed by atoms with van der Waals surface area (Å²) in [5.74, 6) is -0.763. The molecular formula is C23H27N5O3. The Morgan fingerprint density at radius 1 is 1.19 bits per heavy atom. The zero-order chi connectivity index (χ0) is 21.2. The molecule has 0 bridgehead atoms. The number of pyridine rings is 1. The van der Waals surface area contributed by atoms with E-state index in [4.69, 9.17) is 4.74 Å². The van der Waals surface area contributed by atoms with Gasteiger partial charge in [0.05, 0.1) is 41.6 Å². The second-order valence-electron chi connectivity index (χ2n) is 8.46. The maximum atomic E-state index is 13.3. The van der Waals surface area contributed by atoms with Crippen LogP contribution in [0, 0.1) is 11.8 Å². The number of nitrogens with one attached hydrogen (secondary N) is 2. The van der Waals surface area contributed by atoms with E-state index in [-0.39, 0.29) is 35.8 Å². The highest BCUT2D eigenvalue weighted by molar-refractivity contribution is 5.99. The number of nitrogens with zero attached hydrogens (tertiary/aromatic N) is 3. The van der Waals surface area contributed by atoms with Gasteiger partial charge in [0.25, 0.3) is 0 Å². The lowest BCUT2D eigenvalue weighted by atomic mass is 9.83. The number of fused-ring (bicyclic) bond motifs is 1. The van der Waals surface area contributed by atoms with E-state index in [9.17, 15) is 9.59 Å². The molecule has 0 spiro atoms. The third kappa shape index (κ3) is 4.19. The van der Waals surface area contributed by atoms with Gasteiger partial charge in [0.2, 0.25) is 11.8 Å². The Balaban J connectivity index is 1.38. The highest BCUT2D eigenvalue weighted by Crippen LogP contribution is 2.33. The molecule has 2 aromatic rings. The molecule has 3 saturated heterocycles. The van der Waals surface area contributed by atoms with Gasteiger partial charge in [-0.25, -0.2) is 10.4 Å². The first kappa shape index (κ1) is 20.1. The molecule has 8 heteroatoms. The van der Waals surface area contributed by atoms with Gasteiger partial charge < -0.3 is 10.1 Å². The summed E-state index contributed by atoms with van der Waals surface area (Å²) >= 11 is 0. The van der Waals surface area contributed by atoms with Crippen LogP contribution in [-0.2, 0) is 14.3 Å². The lowest BCUT2D eigenvalue weighted by Crippen LogP contribution is -2.57. The number of hydrazine groups is 1. The Bertz CT molecular complexity index is 919. The summed E-state index contributed by atoms with van der Waals surface area (Å²) < 4.78 is 5.81. The van der Waals surface area contributed by atoms with Gasteiger partial charge in [0.15, 0.2) is 0 Å². The molecule has 0 aliphatic carbocycles. The SMILES string of the molecule is O=C(Nc1cccnc1)C1CN(CC2CCCO2)CC2C(=O)N(c3ccccc3)NC12. The molecule has 5 rings (SSSR count). The maximum absolute atomic E-state index is 13.3. The van der Waals surface area contributed by atoms with Gasteiger partial charge in [0.1, 0.15) is 0 Å². The van der Waals surface area contributed by atoms with Crippen LogP contribution in [0.2, 0.25) is 0 Å². The Labute approximate surface area is 181 Å². The first-order valence-corrected chi connectivity index (χ1v) is 10.9. The van der Waals surface area contributed by atoms with Crippen LogP contribution < -0.4 is 15.8 Å². The van der Waals surface area contributed by atoms with Crippen molar-refractivity contribution < 1.29 is 14.3 Å². The molecule has 4 unspecified atom stereocenters. The van der Waals surface area contributed by atoms with Gasteiger partial charge in [0, 0.05) is 32.4 Å². The lowest BCUT2D eigenvalue weighted by Gasteiger charge is -2.39. The van der Waals surface area contributed by atoms with Crippen molar-refractivity contribution in [2.45, 2.75) is 25.0 Å². The third-order valence-electron chi connectivity index (χ3n) is 6.36. The van der Waals surface area contributed by atoms with Crippen molar-refractivity contribution in [2.24, 2.45) is 11.8 Å². The topological polar surface area (TPSA) is 86.8 Å². The van der Waals surface area contributed by atoms with Crippen LogP contribution in [0.3, 0.4) is 0 Å². The summed E-state index contributed by atoms with van der Waals surface area (Å²) in [5, 5.41) is 4.59. The molecule has 4 atom stereocenters. The predicted octanol–water partition coefficient (Wildman–Crippen LogP) is 1.67. The van der Waals surface area contributed by atoms with Gasteiger partial charge in [-0.1, -0.05) is 18.2 Å². The lowest BCUT2D eigenvalue weighted by molar-refractivity contribution is -0.126. The minimum Gasteiger partial charge on any atom is -0.377 e. The quantitative estimate of drug-likeness (QED) is 0.764. The number of amides is 2. The molecule has 2 N–H and O–H groups in total. The monoisotopic (exact) mass is 421 g/mol. The zero-order valence-corrected chi connectivity index (χ0v) is 17.3. The zero-order valence-electron chi connectivity index (χ0n) is 17.3. The molecule has 1 aromatic heterocycles. The first-order valence-electron chi connectivity index (χ1n) is 10.9. The van der Waals surface area contributed by atoms with Crippen LogP contribution in [0.5, 0.6) is 0 Å². The van der Waals surface area contributed by atoms with Gasteiger partial charge in [-0.3, -0.25) is 19.5 Å². The van der Waals surface area contributed by atoms with Gasteiger partial charge in [-0.05, 0) is 37.1 Å². The summed E-state index contributed by atoms with van der Waals surface area (Å²) in [6.07, 6.45) is 5.57. The molecule has 3 aliphatic heterocycles. The van der Waals surface area contributed by atoms with Crippen molar-refractivity contribution >= 4 is 23.2 Å². The smallest absolute Gasteiger partial charge is 0.247 e. The van der Waals surface area contributed by atoms with Gasteiger partial charge in [-0.2, -0.15) is 0 Å². The average molecular weight is 422 g/mol. The Kier molecular flexibility index (Phi) is 5.67. The van der Waals surface area contributed by atoms with E-state index in [1.807, 2.05) is 36.4 Å². The van der Waals surface area contributed by atoms with Crippen LogP contribution in [0.4, 0.5) is 11.4 Å². The molecule has 162 valence electrons. The predicted molar refractivity (Wildman–Crippen MR) is 116 cm³/mol. The highest BCUT2D eigenvalue weighted by Gasteiger charge is 2.51. The molecule has 8 nitrogen and oxygen atoms in total. The number of carbonyl (C=O) groups excluding carboxylic acids is 2.